The van der Waals surface area contributed by atoms with Gasteiger partial charge in [-0.1, -0.05) is 18.2 Å². The maximum absolute atomic E-state index is 16.1. The topological polar surface area (TPSA) is 119 Å². The lowest BCUT2D eigenvalue weighted by molar-refractivity contribution is -0.00308. The third kappa shape index (κ3) is 4.07. The van der Waals surface area contributed by atoms with E-state index in [1.165, 1.54) is 25.2 Å². The number of nitrogens with one attached hydrogen (secondary N) is 1. The Kier molecular flexibility index (Phi) is 6.38. The van der Waals surface area contributed by atoms with Crippen molar-refractivity contribution in [3.8, 4) is 16.8 Å². The molecule has 3 atom stereocenters. The number of aliphatic hydroxyl groups is 1. The number of anilines is 1. The molecule has 3 aromatic carbocycles. The van der Waals surface area contributed by atoms with Crippen molar-refractivity contribution in [1.29, 1.82) is 0 Å². The van der Waals surface area contributed by atoms with Gasteiger partial charge in [0.05, 0.1) is 33.4 Å². The first-order chi connectivity index (χ1) is 19.8. The van der Waals surface area contributed by atoms with Crippen LogP contribution in [0.25, 0.3) is 27.7 Å². The Bertz CT molecular complexity index is 1920. The number of hydrogen-bond acceptors (Lipinski definition) is 5. The number of amides is 1. The van der Waals surface area contributed by atoms with Gasteiger partial charge in [-0.05, 0) is 86.9 Å². The molecule has 1 fully saturated rings. The SMILES string of the molecule is Cc1c(-c2c(F)cc(C(N)=O)c3c2C2CC[C@H](C(C)(C)O)CC2N3)cccc1-n1c(=O)c2cccc(F)c2n(C)c1=O. The zero-order valence-corrected chi connectivity index (χ0v) is 23.8. The average Bonchev–Trinajstić information content (AvgIpc) is 3.30. The van der Waals surface area contributed by atoms with Crippen LogP contribution in [0, 0.1) is 24.5 Å². The summed E-state index contributed by atoms with van der Waals surface area (Å²) in [7, 11) is 1.40. The molecule has 10 heteroatoms. The maximum Gasteiger partial charge on any atom is 0.335 e. The number of aromatic nitrogens is 2. The molecule has 1 amide bonds. The van der Waals surface area contributed by atoms with Crippen LogP contribution in [0.15, 0.2) is 52.1 Å². The molecule has 1 saturated carbocycles. The van der Waals surface area contributed by atoms with E-state index >= 15 is 4.39 Å². The molecule has 4 aromatic rings. The summed E-state index contributed by atoms with van der Waals surface area (Å²) in [5.74, 6) is -2.22. The molecule has 0 radical (unpaired) electrons. The fourth-order valence-corrected chi connectivity index (χ4v) is 7.00. The Morgan fingerprint density at radius 1 is 1.10 bits per heavy atom. The quantitative estimate of drug-likeness (QED) is 0.332. The molecular weight excluding hydrogens is 542 g/mol. The Morgan fingerprint density at radius 3 is 2.50 bits per heavy atom. The minimum atomic E-state index is -0.894. The van der Waals surface area contributed by atoms with E-state index < -0.39 is 34.4 Å². The van der Waals surface area contributed by atoms with Crippen molar-refractivity contribution in [3.63, 3.8) is 0 Å². The highest BCUT2D eigenvalue weighted by molar-refractivity contribution is 6.02. The predicted molar refractivity (Wildman–Crippen MR) is 157 cm³/mol. The fraction of sp³-hybridized carbons (Fsp3) is 0.344. The van der Waals surface area contributed by atoms with Crippen molar-refractivity contribution in [3.05, 3.63) is 91.6 Å². The molecule has 1 aliphatic carbocycles. The van der Waals surface area contributed by atoms with Gasteiger partial charge < -0.3 is 16.2 Å². The average molecular weight is 575 g/mol. The summed E-state index contributed by atoms with van der Waals surface area (Å²) in [6, 6.07) is 9.99. The largest absolute Gasteiger partial charge is 0.390 e. The number of aryl methyl sites for hydroxylation is 1. The van der Waals surface area contributed by atoms with Crippen LogP contribution in [-0.4, -0.2) is 31.8 Å². The van der Waals surface area contributed by atoms with Crippen LogP contribution in [-0.2, 0) is 7.05 Å². The molecule has 0 saturated heterocycles. The molecule has 2 unspecified atom stereocenters. The molecule has 0 bridgehead atoms. The van der Waals surface area contributed by atoms with E-state index in [1.54, 1.807) is 39.0 Å². The van der Waals surface area contributed by atoms with Gasteiger partial charge in [-0.25, -0.2) is 18.1 Å². The maximum atomic E-state index is 16.1. The molecule has 2 heterocycles. The van der Waals surface area contributed by atoms with Gasteiger partial charge in [0, 0.05) is 24.6 Å². The van der Waals surface area contributed by atoms with Gasteiger partial charge in [0.2, 0.25) is 0 Å². The third-order valence-corrected chi connectivity index (χ3v) is 9.18. The van der Waals surface area contributed by atoms with Crippen molar-refractivity contribution < 1.29 is 18.7 Å². The first kappa shape index (κ1) is 27.8. The Morgan fingerprint density at radius 2 is 1.81 bits per heavy atom. The summed E-state index contributed by atoms with van der Waals surface area (Å²) in [6.45, 7) is 5.26. The van der Waals surface area contributed by atoms with E-state index in [0.29, 0.717) is 41.6 Å². The number of nitrogens with zero attached hydrogens (tertiary/aromatic N) is 2. The molecule has 1 aliphatic heterocycles. The van der Waals surface area contributed by atoms with E-state index in [1.807, 2.05) is 0 Å². The van der Waals surface area contributed by atoms with Crippen molar-refractivity contribution >= 4 is 22.5 Å². The predicted octanol–water partition coefficient (Wildman–Crippen LogP) is 4.49. The molecule has 218 valence electrons. The smallest absolute Gasteiger partial charge is 0.335 e. The second kappa shape index (κ2) is 9.62. The number of carbonyl (C=O) groups is 1. The summed E-state index contributed by atoms with van der Waals surface area (Å²) >= 11 is 0. The second-order valence-electron chi connectivity index (χ2n) is 12.0. The van der Waals surface area contributed by atoms with Crippen LogP contribution in [0.4, 0.5) is 14.5 Å². The second-order valence-corrected chi connectivity index (χ2v) is 12.0. The van der Waals surface area contributed by atoms with Crippen molar-refractivity contribution in [2.24, 2.45) is 18.7 Å². The summed E-state index contributed by atoms with van der Waals surface area (Å²) in [4.78, 5) is 39.4. The first-order valence-corrected chi connectivity index (χ1v) is 14.0. The van der Waals surface area contributed by atoms with Gasteiger partial charge in [-0.15, -0.1) is 0 Å². The van der Waals surface area contributed by atoms with Gasteiger partial charge in [-0.3, -0.25) is 14.2 Å². The zero-order valence-electron chi connectivity index (χ0n) is 23.8. The minimum Gasteiger partial charge on any atom is -0.390 e. The number of halogens is 2. The highest BCUT2D eigenvalue weighted by Gasteiger charge is 2.44. The lowest BCUT2D eigenvalue weighted by atomic mass is 9.70. The number of nitrogens with two attached hydrogens (primary N) is 1. The Balaban J connectivity index is 1.58. The number of primary amides is 1. The fourth-order valence-electron chi connectivity index (χ4n) is 7.00. The van der Waals surface area contributed by atoms with E-state index in [-0.39, 0.29) is 45.6 Å². The van der Waals surface area contributed by atoms with Gasteiger partial charge in [0.25, 0.3) is 11.5 Å². The van der Waals surface area contributed by atoms with Crippen LogP contribution in [0.1, 0.15) is 60.5 Å². The van der Waals surface area contributed by atoms with Crippen LogP contribution in [0.2, 0.25) is 0 Å². The molecule has 6 rings (SSSR count). The summed E-state index contributed by atoms with van der Waals surface area (Å²) in [5, 5.41) is 14.1. The van der Waals surface area contributed by atoms with Gasteiger partial charge in [0.1, 0.15) is 11.6 Å². The highest BCUT2D eigenvalue weighted by Crippen LogP contribution is 2.53. The van der Waals surface area contributed by atoms with E-state index in [2.05, 4.69) is 5.32 Å². The number of hydrogen-bond donors (Lipinski definition) is 3. The van der Waals surface area contributed by atoms with E-state index in [0.717, 1.165) is 15.2 Å². The molecule has 1 aromatic heterocycles. The highest BCUT2D eigenvalue weighted by atomic mass is 19.1. The van der Waals surface area contributed by atoms with Crippen molar-refractivity contribution in [2.45, 2.75) is 57.6 Å². The van der Waals surface area contributed by atoms with E-state index in [4.69, 9.17) is 5.73 Å². The minimum absolute atomic E-state index is 0.0109. The molecule has 2 aliphatic rings. The van der Waals surface area contributed by atoms with Crippen LogP contribution < -0.4 is 22.3 Å². The Labute approximate surface area is 240 Å². The lowest BCUT2D eigenvalue weighted by Gasteiger charge is -2.38. The molecule has 8 nitrogen and oxygen atoms in total. The van der Waals surface area contributed by atoms with Gasteiger partial charge in [-0.2, -0.15) is 0 Å². The standard InChI is InChI=1S/C32H32F2N4O4/c1-15-17(7-6-10-24(15)38-30(40)19-8-5-9-21(33)28(19)37(4)31(38)41)25-22(34)14-20(29(35)39)27-26(25)18-12-11-16(32(2,3)42)13-23(18)36-27/h5-10,14,16,18,23,36,42H,11-13H2,1-4H3,(H2,35,39)/t16-,18?,23?/m0/s1. The monoisotopic (exact) mass is 574 g/mol. The molecule has 0 spiro atoms. The Hall–Kier alpha value is -4.31. The first-order valence-electron chi connectivity index (χ1n) is 14.0. The van der Waals surface area contributed by atoms with E-state index in [9.17, 15) is 23.9 Å². The van der Waals surface area contributed by atoms with Gasteiger partial charge >= 0.3 is 5.69 Å². The van der Waals surface area contributed by atoms with Gasteiger partial charge in [0.15, 0.2) is 0 Å². The zero-order chi connectivity index (χ0) is 30.2. The van der Waals surface area contributed by atoms with Crippen LogP contribution >= 0.6 is 0 Å². The number of carbonyl (C=O) groups excluding carboxylic acids is 1. The van der Waals surface area contributed by atoms with Crippen LogP contribution in [0.5, 0.6) is 0 Å². The summed E-state index contributed by atoms with van der Waals surface area (Å²) in [6.07, 6.45) is 1.99. The third-order valence-electron chi connectivity index (χ3n) is 9.18. The molecule has 42 heavy (non-hydrogen) atoms. The number of para-hydroxylation sites is 1. The lowest BCUT2D eigenvalue weighted by Crippen LogP contribution is -2.39. The van der Waals surface area contributed by atoms with Crippen LogP contribution in [0.3, 0.4) is 0 Å². The van der Waals surface area contributed by atoms with Crippen molar-refractivity contribution in [1.82, 2.24) is 9.13 Å². The number of fused-ring (bicyclic) bond motifs is 4. The number of rotatable bonds is 4. The summed E-state index contributed by atoms with van der Waals surface area (Å²) < 4.78 is 32.8. The molecule has 4 N–H and O–H groups in total. The molecular formula is C32H32F2N4O4. The summed E-state index contributed by atoms with van der Waals surface area (Å²) in [5.41, 5.74) is 5.86. The number of benzene rings is 3. The van der Waals surface area contributed by atoms with Crippen molar-refractivity contribution in [2.75, 3.05) is 5.32 Å². The normalized spacial score (nSPS) is 19.8.